The molecule has 4 rings (SSSR count). The van der Waals surface area contributed by atoms with E-state index in [2.05, 4.69) is 23.8 Å². The van der Waals surface area contributed by atoms with E-state index in [0.717, 1.165) is 50.7 Å². The minimum absolute atomic E-state index is 0.395. The van der Waals surface area contributed by atoms with Gasteiger partial charge < -0.3 is 14.5 Å². The molecule has 0 spiro atoms. The van der Waals surface area contributed by atoms with E-state index in [-0.39, 0.29) is 0 Å². The van der Waals surface area contributed by atoms with Crippen molar-refractivity contribution in [3.05, 3.63) is 62.9 Å². The van der Waals surface area contributed by atoms with Gasteiger partial charge in [0.2, 0.25) is 0 Å². The summed E-state index contributed by atoms with van der Waals surface area (Å²) in [7, 11) is 0. The molecule has 2 heterocycles. The lowest BCUT2D eigenvalue weighted by Crippen LogP contribution is -2.06. The zero-order valence-corrected chi connectivity index (χ0v) is 18.4. The molecular formula is C23H22ClN3O2S. The van der Waals surface area contributed by atoms with Gasteiger partial charge in [0.25, 0.3) is 0 Å². The van der Waals surface area contributed by atoms with Gasteiger partial charge in [-0.3, -0.25) is 0 Å². The van der Waals surface area contributed by atoms with E-state index >= 15 is 0 Å². The lowest BCUT2D eigenvalue weighted by atomic mass is 10.1. The summed E-state index contributed by atoms with van der Waals surface area (Å²) >= 11 is 7.80. The number of rotatable bonds is 8. The molecule has 154 valence electrons. The molecule has 0 bridgehead atoms. The van der Waals surface area contributed by atoms with Crippen molar-refractivity contribution in [2.24, 2.45) is 5.92 Å². The minimum atomic E-state index is 0.395. The van der Waals surface area contributed by atoms with Crippen LogP contribution in [-0.4, -0.2) is 27.8 Å². The molecule has 0 aliphatic heterocycles. The maximum Gasteiger partial charge on any atom is 0.158 e. The highest BCUT2D eigenvalue weighted by molar-refractivity contribution is 7.10. The van der Waals surface area contributed by atoms with E-state index in [1.807, 2.05) is 41.8 Å². The standard InChI is InChI=1S/C23H22ClN3O2S/c1-14(2)12-29-21-6-4-17(24)10-16(21)11-22-25-20(13-30-22)23-26-18-5-3-15(7-8-28)9-19(18)27-23/h3-6,8-10,13-14H,7,11-12H2,1-2H3,(H,26,27). The number of hydrogen-bond acceptors (Lipinski definition) is 5. The third-order valence-electron chi connectivity index (χ3n) is 4.60. The number of carbonyl (C=O) groups excluding carboxylic acids is 1. The van der Waals surface area contributed by atoms with Crippen molar-refractivity contribution < 1.29 is 9.53 Å². The molecule has 2 aromatic heterocycles. The topological polar surface area (TPSA) is 67.9 Å². The first kappa shape index (κ1) is 20.6. The molecule has 0 atom stereocenters. The van der Waals surface area contributed by atoms with Crippen LogP contribution in [0.15, 0.2) is 41.8 Å². The number of thiazole rings is 1. The number of aromatic nitrogens is 3. The molecule has 0 unspecified atom stereocenters. The van der Waals surface area contributed by atoms with Gasteiger partial charge in [-0.1, -0.05) is 31.5 Å². The van der Waals surface area contributed by atoms with Crippen LogP contribution in [0.25, 0.3) is 22.6 Å². The van der Waals surface area contributed by atoms with Crippen molar-refractivity contribution in [3.8, 4) is 17.3 Å². The fourth-order valence-corrected chi connectivity index (χ4v) is 4.15. The monoisotopic (exact) mass is 439 g/mol. The number of nitrogens with zero attached hydrogens (tertiary/aromatic N) is 2. The molecule has 5 nitrogen and oxygen atoms in total. The molecule has 0 aliphatic carbocycles. The summed E-state index contributed by atoms with van der Waals surface area (Å²) in [4.78, 5) is 23.5. The van der Waals surface area contributed by atoms with Crippen LogP contribution in [0.2, 0.25) is 5.02 Å². The Morgan fingerprint density at radius 1 is 1.20 bits per heavy atom. The number of nitrogens with one attached hydrogen (secondary N) is 1. The van der Waals surface area contributed by atoms with E-state index in [0.29, 0.717) is 30.4 Å². The predicted molar refractivity (Wildman–Crippen MR) is 122 cm³/mol. The number of aldehydes is 1. The van der Waals surface area contributed by atoms with Gasteiger partial charge in [0.15, 0.2) is 5.82 Å². The summed E-state index contributed by atoms with van der Waals surface area (Å²) in [5.41, 5.74) is 4.54. The van der Waals surface area contributed by atoms with Crippen LogP contribution in [0, 0.1) is 5.92 Å². The Balaban J connectivity index is 1.57. The maximum atomic E-state index is 10.8. The average Bonchev–Trinajstić information content (AvgIpc) is 3.34. The Labute approximate surface area is 184 Å². The van der Waals surface area contributed by atoms with E-state index in [9.17, 15) is 4.79 Å². The van der Waals surface area contributed by atoms with Gasteiger partial charge in [-0.05, 0) is 41.8 Å². The van der Waals surface area contributed by atoms with Crippen molar-refractivity contribution in [1.29, 1.82) is 0 Å². The fourth-order valence-electron chi connectivity index (χ4n) is 3.15. The SMILES string of the molecule is CC(C)COc1ccc(Cl)cc1Cc1nc(-c2nc3ccc(CC=O)cc3[nH]2)cs1. The van der Waals surface area contributed by atoms with Gasteiger partial charge in [-0.25, -0.2) is 9.97 Å². The summed E-state index contributed by atoms with van der Waals surface area (Å²) in [6.07, 6.45) is 1.94. The highest BCUT2D eigenvalue weighted by atomic mass is 35.5. The number of H-pyrrole nitrogens is 1. The molecule has 0 amide bonds. The highest BCUT2D eigenvalue weighted by Gasteiger charge is 2.13. The van der Waals surface area contributed by atoms with Crippen LogP contribution in [0.1, 0.15) is 30.0 Å². The second kappa shape index (κ2) is 8.98. The fraction of sp³-hybridized carbons (Fsp3) is 0.261. The molecule has 4 aromatic rings. The summed E-state index contributed by atoms with van der Waals surface area (Å²) in [6.45, 7) is 4.90. The van der Waals surface area contributed by atoms with Crippen LogP contribution >= 0.6 is 22.9 Å². The number of ether oxygens (including phenoxy) is 1. The molecular weight excluding hydrogens is 418 g/mol. The van der Waals surface area contributed by atoms with Gasteiger partial charge in [0.1, 0.15) is 17.7 Å². The number of carbonyl (C=O) groups is 1. The number of benzene rings is 2. The lowest BCUT2D eigenvalue weighted by molar-refractivity contribution is -0.107. The normalized spacial score (nSPS) is 11.3. The van der Waals surface area contributed by atoms with Crippen LogP contribution in [0.4, 0.5) is 0 Å². The molecule has 0 saturated heterocycles. The largest absolute Gasteiger partial charge is 0.493 e. The number of imidazole rings is 1. The van der Waals surface area contributed by atoms with Gasteiger partial charge in [0, 0.05) is 28.8 Å². The van der Waals surface area contributed by atoms with Crippen LogP contribution in [0.3, 0.4) is 0 Å². The molecule has 7 heteroatoms. The first-order valence-corrected chi connectivity index (χ1v) is 11.1. The highest BCUT2D eigenvalue weighted by Crippen LogP contribution is 2.29. The molecule has 30 heavy (non-hydrogen) atoms. The van der Waals surface area contributed by atoms with Crippen LogP contribution in [0.5, 0.6) is 5.75 Å². The number of aromatic amines is 1. The zero-order chi connectivity index (χ0) is 21.1. The molecule has 1 N–H and O–H groups in total. The van der Waals surface area contributed by atoms with Gasteiger partial charge in [-0.2, -0.15) is 0 Å². The molecule has 2 aromatic carbocycles. The Kier molecular flexibility index (Phi) is 6.16. The summed E-state index contributed by atoms with van der Waals surface area (Å²) in [5, 5.41) is 3.64. The Morgan fingerprint density at radius 3 is 2.87 bits per heavy atom. The van der Waals surface area contributed by atoms with Crippen molar-refractivity contribution in [2.75, 3.05) is 6.61 Å². The first-order chi connectivity index (χ1) is 14.5. The Hall–Kier alpha value is -2.70. The lowest BCUT2D eigenvalue weighted by Gasteiger charge is -2.13. The smallest absolute Gasteiger partial charge is 0.158 e. The second-order valence-corrected chi connectivity index (χ2v) is 8.95. The van der Waals surface area contributed by atoms with Crippen molar-refractivity contribution in [2.45, 2.75) is 26.7 Å². The van der Waals surface area contributed by atoms with Gasteiger partial charge >= 0.3 is 0 Å². The molecule has 0 fully saturated rings. The summed E-state index contributed by atoms with van der Waals surface area (Å²) < 4.78 is 5.96. The van der Waals surface area contributed by atoms with Crippen molar-refractivity contribution in [1.82, 2.24) is 15.0 Å². The quantitative estimate of drug-likeness (QED) is 0.357. The Bertz CT molecular complexity index is 1180. The first-order valence-electron chi connectivity index (χ1n) is 9.80. The van der Waals surface area contributed by atoms with E-state index < -0.39 is 0 Å². The predicted octanol–water partition coefficient (Wildman–Crippen LogP) is 5.71. The number of hydrogen-bond donors (Lipinski definition) is 1. The molecule has 0 radical (unpaired) electrons. The zero-order valence-electron chi connectivity index (χ0n) is 16.8. The molecule has 0 aliphatic rings. The van der Waals surface area contributed by atoms with Crippen molar-refractivity contribution in [3.63, 3.8) is 0 Å². The van der Waals surface area contributed by atoms with Gasteiger partial charge in [0.05, 0.1) is 22.6 Å². The van der Waals surface area contributed by atoms with Crippen molar-refractivity contribution >= 4 is 40.3 Å². The molecule has 0 saturated carbocycles. The van der Waals surface area contributed by atoms with Gasteiger partial charge in [-0.15, -0.1) is 11.3 Å². The van der Waals surface area contributed by atoms with E-state index in [1.54, 1.807) is 11.3 Å². The number of halogens is 1. The minimum Gasteiger partial charge on any atom is -0.493 e. The Morgan fingerprint density at radius 2 is 2.07 bits per heavy atom. The van der Waals surface area contributed by atoms with Crippen LogP contribution < -0.4 is 4.74 Å². The summed E-state index contributed by atoms with van der Waals surface area (Å²) in [6, 6.07) is 11.5. The third-order valence-corrected chi connectivity index (χ3v) is 5.68. The maximum absolute atomic E-state index is 10.8. The number of fused-ring (bicyclic) bond motifs is 1. The third kappa shape index (κ3) is 4.71. The van der Waals surface area contributed by atoms with E-state index in [4.69, 9.17) is 21.3 Å². The van der Waals surface area contributed by atoms with E-state index in [1.165, 1.54) is 0 Å². The summed E-state index contributed by atoms with van der Waals surface area (Å²) in [5.74, 6) is 2.01. The van der Waals surface area contributed by atoms with Crippen LogP contribution in [-0.2, 0) is 17.6 Å². The average molecular weight is 440 g/mol. The second-order valence-electron chi connectivity index (χ2n) is 7.57.